The van der Waals surface area contributed by atoms with E-state index < -0.39 is 0 Å². The van der Waals surface area contributed by atoms with Gasteiger partial charge in [-0.1, -0.05) is 15.9 Å². The molecule has 2 atom stereocenters. The average Bonchev–Trinajstić information content (AvgIpc) is 3.03. The van der Waals surface area contributed by atoms with Gasteiger partial charge in [-0.3, -0.25) is 0 Å². The number of hydrogen-bond donors (Lipinski definition) is 1. The van der Waals surface area contributed by atoms with Crippen molar-refractivity contribution in [3.05, 3.63) is 27.7 Å². The number of hydrogen-bond acceptors (Lipinski definition) is 3. The van der Waals surface area contributed by atoms with Crippen molar-refractivity contribution in [1.82, 2.24) is 5.32 Å². The van der Waals surface area contributed by atoms with Gasteiger partial charge in [0.15, 0.2) is 0 Å². The van der Waals surface area contributed by atoms with Crippen LogP contribution in [0.15, 0.2) is 16.6 Å². The lowest BCUT2D eigenvalue weighted by molar-refractivity contribution is 0.351. The van der Waals surface area contributed by atoms with Gasteiger partial charge in [-0.05, 0) is 43.2 Å². The molecule has 0 bridgehead atoms. The summed E-state index contributed by atoms with van der Waals surface area (Å²) in [5.41, 5.74) is 2.65. The predicted molar refractivity (Wildman–Crippen MR) is 85.1 cm³/mol. The molecule has 0 amide bonds. The molecule has 0 aromatic heterocycles. The Morgan fingerprint density at radius 3 is 3.11 bits per heavy atom. The normalized spacial score (nSPS) is 25.4. The zero-order chi connectivity index (χ0) is 13.2. The van der Waals surface area contributed by atoms with Gasteiger partial charge in [-0.2, -0.15) is 11.8 Å². The first-order valence-electron chi connectivity index (χ1n) is 6.96. The van der Waals surface area contributed by atoms with Crippen molar-refractivity contribution in [1.29, 1.82) is 0 Å². The third-order valence-corrected chi connectivity index (χ3v) is 5.68. The maximum atomic E-state index is 5.78. The third kappa shape index (κ3) is 3.11. The number of nitrogens with one attached hydrogen (secondary N) is 1. The number of benzene rings is 1. The van der Waals surface area contributed by atoms with Gasteiger partial charge in [0.05, 0.1) is 6.61 Å². The minimum atomic E-state index is 0.675. The largest absolute Gasteiger partial charge is 0.493 e. The summed E-state index contributed by atoms with van der Waals surface area (Å²) in [5.74, 6) is 1.12. The molecule has 104 valence electrons. The Morgan fingerprint density at radius 2 is 2.32 bits per heavy atom. The van der Waals surface area contributed by atoms with E-state index in [1.54, 1.807) is 0 Å². The quantitative estimate of drug-likeness (QED) is 0.900. The zero-order valence-electron chi connectivity index (χ0n) is 11.2. The molecule has 19 heavy (non-hydrogen) atoms. The maximum Gasteiger partial charge on any atom is 0.127 e. The molecule has 2 aliphatic rings. The van der Waals surface area contributed by atoms with E-state index in [1.807, 2.05) is 11.8 Å². The van der Waals surface area contributed by atoms with E-state index in [0.29, 0.717) is 6.04 Å². The van der Waals surface area contributed by atoms with E-state index in [4.69, 9.17) is 4.74 Å². The highest BCUT2D eigenvalue weighted by Gasteiger charge is 2.24. The van der Waals surface area contributed by atoms with Crippen molar-refractivity contribution in [2.45, 2.75) is 43.5 Å². The van der Waals surface area contributed by atoms with Gasteiger partial charge in [0.2, 0.25) is 0 Å². The fraction of sp³-hybridized carbons (Fsp3) is 0.600. The third-order valence-electron chi connectivity index (χ3n) is 4.12. The van der Waals surface area contributed by atoms with Crippen LogP contribution >= 0.6 is 27.7 Å². The fourth-order valence-electron chi connectivity index (χ4n) is 3.07. The van der Waals surface area contributed by atoms with Crippen LogP contribution in [0.1, 0.15) is 30.4 Å². The van der Waals surface area contributed by atoms with E-state index in [1.165, 1.54) is 34.9 Å². The standard InChI is InChI=1S/C15H20BrNOS/c1-19-14-3-2-13(8-14)17-9-11-7-12(16)6-10-4-5-18-15(10)11/h6-7,13-14,17H,2-5,8-9H2,1H3. The lowest BCUT2D eigenvalue weighted by Crippen LogP contribution is -2.26. The number of fused-ring (bicyclic) bond motifs is 1. The first-order valence-corrected chi connectivity index (χ1v) is 9.04. The van der Waals surface area contributed by atoms with Gasteiger partial charge < -0.3 is 10.1 Å². The van der Waals surface area contributed by atoms with Gasteiger partial charge in [-0.15, -0.1) is 0 Å². The van der Waals surface area contributed by atoms with Crippen LogP contribution in [0.5, 0.6) is 5.75 Å². The Balaban J connectivity index is 1.64. The van der Waals surface area contributed by atoms with E-state index in [2.05, 4.69) is 39.6 Å². The maximum absolute atomic E-state index is 5.78. The highest BCUT2D eigenvalue weighted by Crippen LogP contribution is 2.34. The zero-order valence-corrected chi connectivity index (χ0v) is 13.6. The van der Waals surface area contributed by atoms with Crippen LogP contribution in [0.4, 0.5) is 0 Å². The molecule has 1 aliphatic carbocycles. The van der Waals surface area contributed by atoms with E-state index in [-0.39, 0.29) is 0 Å². The monoisotopic (exact) mass is 341 g/mol. The summed E-state index contributed by atoms with van der Waals surface area (Å²) >= 11 is 5.61. The number of halogens is 1. The van der Waals surface area contributed by atoms with E-state index in [9.17, 15) is 0 Å². The summed E-state index contributed by atoms with van der Waals surface area (Å²) in [6, 6.07) is 5.05. The van der Waals surface area contributed by atoms with Crippen LogP contribution < -0.4 is 10.1 Å². The summed E-state index contributed by atoms with van der Waals surface area (Å²) in [6.45, 7) is 1.75. The van der Waals surface area contributed by atoms with Crippen LogP contribution in [0.3, 0.4) is 0 Å². The Hall–Kier alpha value is -0.190. The minimum absolute atomic E-state index is 0.675. The lowest BCUT2D eigenvalue weighted by atomic mass is 10.1. The van der Waals surface area contributed by atoms with Crippen LogP contribution in [0.25, 0.3) is 0 Å². The number of ether oxygens (including phenoxy) is 1. The molecule has 1 aromatic carbocycles. The molecule has 0 saturated heterocycles. The predicted octanol–water partition coefficient (Wildman–Crippen LogP) is 3.76. The Labute approximate surface area is 127 Å². The Bertz CT molecular complexity index is 466. The van der Waals surface area contributed by atoms with Crippen molar-refractivity contribution in [3.8, 4) is 5.75 Å². The molecule has 2 unspecified atom stereocenters. The summed E-state index contributed by atoms with van der Waals surface area (Å²) in [4.78, 5) is 0. The highest BCUT2D eigenvalue weighted by atomic mass is 79.9. The summed E-state index contributed by atoms with van der Waals surface area (Å²) in [5, 5.41) is 4.55. The second-order valence-electron chi connectivity index (χ2n) is 5.40. The fourth-order valence-corrected chi connectivity index (χ4v) is 4.42. The molecule has 0 radical (unpaired) electrons. The Kier molecular flexibility index (Phi) is 4.40. The molecule has 1 saturated carbocycles. The highest BCUT2D eigenvalue weighted by molar-refractivity contribution is 9.10. The second-order valence-corrected chi connectivity index (χ2v) is 7.45. The van der Waals surface area contributed by atoms with Crippen molar-refractivity contribution in [3.63, 3.8) is 0 Å². The molecule has 4 heteroatoms. The van der Waals surface area contributed by atoms with Gasteiger partial charge in [0.25, 0.3) is 0 Å². The van der Waals surface area contributed by atoms with Crippen molar-refractivity contribution < 1.29 is 4.74 Å². The molecular formula is C15H20BrNOS. The van der Waals surface area contributed by atoms with E-state index in [0.717, 1.165) is 30.6 Å². The molecule has 1 aliphatic heterocycles. The molecule has 1 fully saturated rings. The molecular weight excluding hydrogens is 322 g/mol. The van der Waals surface area contributed by atoms with Crippen LogP contribution in [-0.2, 0) is 13.0 Å². The van der Waals surface area contributed by atoms with Crippen molar-refractivity contribution in [2.24, 2.45) is 0 Å². The topological polar surface area (TPSA) is 21.3 Å². The molecule has 0 spiro atoms. The molecule has 2 nitrogen and oxygen atoms in total. The number of thioether (sulfide) groups is 1. The summed E-state index contributed by atoms with van der Waals surface area (Å²) in [7, 11) is 0. The van der Waals surface area contributed by atoms with E-state index >= 15 is 0 Å². The van der Waals surface area contributed by atoms with Gasteiger partial charge in [0.1, 0.15) is 5.75 Å². The van der Waals surface area contributed by atoms with Gasteiger partial charge >= 0.3 is 0 Å². The Morgan fingerprint density at radius 1 is 1.42 bits per heavy atom. The van der Waals surface area contributed by atoms with Crippen LogP contribution in [-0.4, -0.2) is 24.2 Å². The average molecular weight is 342 g/mol. The lowest BCUT2D eigenvalue weighted by Gasteiger charge is -2.15. The molecule has 1 heterocycles. The van der Waals surface area contributed by atoms with Gasteiger partial charge in [-0.25, -0.2) is 0 Å². The molecule has 1 N–H and O–H groups in total. The van der Waals surface area contributed by atoms with Crippen molar-refractivity contribution in [2.75, 3.05) is 12.9 Å². The summed E-state index contributed by atoms with van der Waals surface area (Å²) in [6.07, 6.45) is 7.23. The molecule has 1 aromatic rings. The molecule has 3 rings (SSSR count). The second kappa shape index (κ2) is 6.06. The summed E-state index contributed by atoms with van der Waals surface area (Å²) < 4.78 is 6.95. The first kappa shape index (κ1) is 13.8. The van der Waals surface area contributed by atoms with Gasteiger partial charge in [0, 0.05) is 34.3 Å². The first-order chi connectivity index (χ1) is 9.26. The minimum Gasteiger partial charge on any atom is -0.493 e. The number of rotatable bonds is 4. The SMILES string of the molecule is CSC1CCC(NCc2cc(Br)cc3c2OCC3)C1. The van der Waals surface area contributed by atoms with Crippen LogP contribution in [0.2, 0.25) is 0 Å². The van der Waals surface area contributed by atoms with Crippen molar-refractivity contribution >= 4 is 27.7 Å². The smallest absolute Gasteiger partial charge is 0.127 e. The van der Waals surface area contributed by atoms with Crippen LogP contribution in [0, 0.1) is 0 Å².